The van der Waals surface area contributed by atoms with Crippen molar-refractivity contribution in [1.82, 2.24) is 4.98 Å². The van der Waals surface area contributed by atoms with Crippen LogP contribution in [0.15, 0.2) is 97.3 Å². The maximum atomic E-state index is 13.3. The minimum absolute atomic E-state index is 0.250. The number of sulfonamides is 1. The number of nitrogens with zero attached hydrogens (tertiary/aromatic N) is 2. The molecule has 1 saturated carbocycles. The topological polar surface area (TPSA) is 68.7 Å². The molecular formula is C29H28N2O4S. The molecule has 36 heavy (non-hydrogen) atoms. The van der Waals surface area contributed by atoms with Crippen molar-refractivity contribution in [2.45, 2.75) is 31.6 Å². The van der Waals surface area contributed by atoms with Crippen LogP contribution in [0.4, 0.5) is 5.69 Å². The quantitative estimate of drug-likeness (QED) is 0.251. The molecule has 0 unspecified atom stereocenters. The summed E-state index contributed by atoms with van der Waals surface area (Å²) >= 11 is 0. The molecule has 4 aromatic rings. The highest BCUT2D eigenvalue weighted by Gasteiger charge is 2.40. The van der Waals surface area contributed by atoms with Gasteiger partial charge in [-0.1, -0.05) is 48.5 Å². The number of para-hydroxylation sites is 3. The van der Waals surface area contributed by atoms with E-state index in [0.717, 1.165) is 16.7 Å². The van der Waals surface area contributed by atoms with Gasteiger partial charge in [0.2, 0.25) is 10.0 Å². The largest absolute Gasteiger partial charge is 0.490 e. The van der Waals surface area contributed by atoms with Crippen LogP contribution in [0.5, 0.6) is 17.2 Å². The Labute approximate surface area is 212 Å². The van der Waals surface area contributed by atoms with Crippen molar-refractivity contribution in [3.05, 3.63) is 103 Å². The first-order chi connectivity index (χ1) is 17.6. The lowest BCUT2D eigenvalue weighted by atomic mass is 10.0. The van der Waals surface area contributed by atoms with Crippen LogP contribution in [0.1, 0.15) is 25.3 Å². The van der Waals surface area contributed by atoms with Crippen LogP contribution in [-0.4, -0.2) is 25.3 Å². The molecule has 1 aromatic heterocycles. The number of hydrogen-bond acceptors (Lipinski definition) is 5. The summed E-state index contributed by atoms with van der Waals surface area (Å²) in [5.74, 6) is 2.01. The van der Waals surface area contributed by atoms with Crippen LogP contribution in [0.2, 0.25) is 0 Å². The van der Waals surface area contributed by atoms with Crippen LogP contribution in [0.3, 0.4) is 0 Å². The molecular weight excluding hydrogens is 472 g/mol. The molecule has 0 saturated heterocycles. The molecule has 6 nitrogen and oxygen atoms in total. The highest BCUT2D eigenvalue weighted by atomic mass is 32.2. The fourth-order valence-electron chi connectivity index (χ4n) is 4.06. The van der Waals surface area contributed by atoms with E-state index < -0.39 is 10.0 Å². The second-order valence-electron chi connectivity index (χ2n) is 8.64. The van der Waals surface area contributed by atoms with Gasteiger partial charge in [-0.3, -0.25) is 9.29 Å². The first kappa shape index (κ1) is 23.9. The van der Waals surface area contributed by atoms with Crippen molar-refractivity contribution in [1.29, 1.82) is 0 Å². The zero-order chi connectivity index (χ0) is 25.0. The van der Waals surface area contributed by atoms with Crippen LogP contribution >= 0.6 is 0 Å². The summed E-state index contributed by atoms with van der Waals surface area (Å²) in [6.45, 7) is 2.73. The van der Waals surface area contributed by atoms with Gasteiger partial charge in [0.15, 0.2) is 11.5 Å². The van der Waals surface area contributed by atoms with Crippen LogP contribution < -0.4 is 13.8 Å². The van der Waals surface area contributed by atoms with Gasteiger partial charge in [-0.25, -0.2) is 8.42 Å². The zero-order valence-electron chi connectivity index (χ0n) is 20.1. The Morgan fingerprint density at radius 1 is 0.861 bits per heavy atom. The molecule has 1 aliphatic rings. The van der Waals surface area contributed by atoms with Gasteiger partial charge in [0.05, 0.1) is 24.1 Å². The van der Waals surface area contributed by atoms with Gasteiger partial charge in [-0.15, -0.1) is 0 Å². The first-order valence-corrected chi connectivity index (χ1v) is 13.6. The van der Waals surface area contributed by atoms with Crippen molar-refractivity contribution >= 4 is 15.7 Å². The van der Waals surface area contributed by atoms with E-state index in [1.165, 1.54) is 4.31 Å². The Morgan fingerprint density at radius 3 is 2.22 bits per heavy atom. The van der Waals surface area contributed by atoms with E-state index >= 15 is 0 Å². The Kier molecular flexibility index (Phi) is 6.91. The van der Waals surface area contributed by atoms with Crippen LogP contribution in [0, 0.1) is 0 Å². The average molecular weight is 501 g/mol. The van der Waals surface area contributed by atoms with E-state index in [4.69, 9.17) is 9.47 Å². The van der Waals surface area contributed by atoms with E-state index in [9.17, 15) is 8.42 Å². The van der Waals surface area contributed by atoms with Gasteiger partial charge < -0.3 is 9.47 Å². The number of pyridine rings is 1. The molecule has 1 heterocycles. The molecule has 0 amide bonds. The first-order valence-electron chi connectivity index (χ1n) is 12.1. The summed E-state index contributed by atoms with van der Waals surface area (Å²) in [6, 6.07) is 26.7. The predicted molar refractivity (Wildman–Crippen MR) is 142 cm³/mol. The molecule has 0 atom stereocenters. The Balaban J connectivity index is 1.45. The summed E-state index contributed by atoms with van der Waals surface area (Å²) in [6.07, 6.45) is 4.80. The van der Waals surface area contributed by atoms with Crippen molar-refractivity contribution in [2.75, 3.05) is 10.9 Å². The zero-order valence-corrected chi connectivity index (χ0v) is 20.9. The van der Waals surface area contributed by atoms with Crippen LogP contribution in [0.25, 0.3) is 11.1 Å². The number of benzene rings is 3. The standard InChI is InChI=1S/C29H28N2O4S/c1-2-34-28-11-5-6-12-29(28)35-27-10-4-3-9-26(27)23-13-15-24(16-14-23)31(36(32,33)25-17-18-25)21-22-8-7-19-30-20-22/h3-16,19-20,25H,2,17-18,21H2,1H3. The molecule has 1 aliphatic carbocycles. The number of hydrogen-bond donors (Lipinski definition) is 0. The third-order valence-corrected chi connectivity index (χ3v) is 8.29. The lowest BCUT2D eigenvalue weighted by Crippen LogP contribution is -2.33. The van der Waals surface area contributed by atoms with Crippen molar-refractivity contribution in [2.24, 2.45) is 0 Å². The van der Waals surface area contributed by atoms with E-state index in [2.05, 4.69) is 4.98 Å². The SMILES string of the molecule is CCOc1ccccc1Oc1ccccc1-c1ccc(N(Cc2cccnc2)S(=O)(=O)C2CC2)cc1. The van der Waals surface area contributed by atoms with Gasteiger partial charge in [0.1, 0.15) is 5.75 Å². The highest BCUT2D eigenvalue weighted by Crippen LogP contribution is 2.39. The van der Waals surface area contributed by atoms with Gasteiger partial charge in [-0.2, -0.15) is 0 Å². The summed E-state index contributed by atoms with van der Waals surface area (Å²) in [5.41, 5.74) is 3.31. The van der Waals surface area contributed by atoms with Crippen molar-refractivity contribution < 1.29 is 17.9 Å². The van der Waals surface area contributed by atoms with Gasteiger partial charge >= 0.3 is 0 Å². The van der Waals surface area contributed by atoms with E-state index in [-0.39, 0.29) is 11.8 Å². The summed E-state index contributed by atoms with van der Waals surface area (Å²) in [4.78, 5) is 4.15. The summed E-state index contributed by atoms with van der Waals surface area (Å²) in [7, 11) is -3.45. The number of aromatic nitrogens is 1. The smallest absolute Gasteiger partial charge is 0.238 e. The average Bonchev–Trinajstić information content (AvgIpc) is 3.76. The second kappa shape index (κ2) is 10.4. The van der Waals surface area contributed by atoms with Gasteiger partial charge in [0, 0.05) is 18.0 Å². The molecule has 7 heteroatoms. The van der Waals surface area contributed by atoms with E-state index in [0.29, 0.717) is 42.4 Å². The van der Waals surface area contributed by atoms with Crippen molar-refractivity contribution in [3.63, 3.8) is 0 Å². The molecule has 0 bridgehead atoms. The minimum atomic E-state index is -3.45. The number of rotatable bonds is 10. The monoisotopic (exact) mass is 500 g/mol. The van der Waals surface area contributed by atoms with Gasteiger partial charge in [0.25, 0.3) is 0 Å². The number of anilines is 1. The fourth-order valence-corrected chi connectivity index (χ4v) is 5.90. The third kappa shape index (κ3) is 5.21. The predicted octanol–water partition coefficient (Wildman–Crippen LogP) is 6.44. The van der Waals surface area contributed by atoms with E-state index in [1.54, 1.807) is 12.4 Å². The highest BCUT2D eigenvalue weighted by molar-refractivity contribution is 7.93. The Bertz CT molecular complexity index is 1420. The lowest BCUT2D eigenvalue weighted by molar-refractivity contribution is 0.321. The minimum Gasteiger partial charge on any atom is -0.490 e. The fraction of sp³-hybridized carbons (Fsp3) is 0.207. The maximum absolute atomic E-state index is 13.3. The maximum Gasteiger partial charge on any atom is 0.238 e. The lowest BCUT2D eigenvalue weighted by Gasteiger charge is -2.25. The Hall–Kier alpha value is -3.84. The molecule has 0 spiro atoms. The number of ether oxygens (including phenoxy) is 2. The molecule has 184 valence electrons. The third-order valence-electron chi connectivity index (χ3n) is 6.02. The summed E-state index contributed by atoms with van der Waals surface area (Å²) < 4.78 is 40.0. The molecule has 3 aromatic carbocycles. The van der Waals surface area contributed by atoms with E-state index in [1.807, 2.05) is 91.9 Å². The Morgan fingerprint density at radius 2 is 1.56 bits per heavy atom. The molecule has 0 radical (unpaired) electrons. The van der Waals surface area contributed by atoms with Crippen LogP contribution in [-0.2, 0) is 16.6 Å². The van der Waals surface area contributed by atoms with Gasteiger partial charge in [-0.05, 0) is 67.3 Å². The van der Waals surface area contributed by atoms with Crippen molar-refractivity contribution in [3.8, 4) is 28.4 Å². The second-order valence-corrected chi connectivity index (χ2v) is 10.8. The molecule has 0 N–H and O–H groups in total. The molecule has 0 aliphatic heterocycles. The molecule has 1 fully saturated rings. The normalized spacial score (nSPS) is 13.2. The summed E-state index contributed by atoms with van der Waals surface area (Å²) in [5, 5.41) is -0.312. The molecule has 5 rings (SSSR count).